The number of hydrogen-bond acceptors (Lipinski definition) is 5. The van der Waals surface area contributed by atoms with Gasteiger partial charge in [0.15, 0.2) is 0 Å². The summed E-state index contributed by atoms with van der Waals surface area (Å²) in [7, 11) is -4.61. The molecule has 0 saturated heterocycles. The van der Waals surface area contributed by atoms with Crippen LogP contribution in [0.4, 0.5) is 0 Å². The number of benzene rings is 4. The van der Waals surface area contributed by atoms with Crippen molar-refractivity contribution in [1.82, 2.24) is 9.97 Å². The molecule has 0 amide bonds. The van der Waals surface area contributed by atoms with E-state index in [4.69, 9.17) is 9.97 Å². The fraction of sp³-hybridized carbons (Fsp3) is 0. The van der Waals surface area contributed by atoms with Crippen LogP contribution in [0.3, 0.4) is 0 Å². The Morgan fingerprint density at radius 1 is 0.645 bits per heavy atom. The summed E-state index contributed by atoms with van der Waals surface area (Å²) in [5.74, 6) is 0. The first kappa shape index (κ1) is 21.6. The zero-order valence-electron chi connectivity index (χ0n) is 16.7. The molecule has 5 aromatic rings. The van der Waals surface area contributed by atoms with Crippen molar-refractivity contribution >= 4 is 31.9 Å². The van der Waals surface area contributed by atoms with Crippen LogP contribution in [0.1, 0.15) is 0 Å². The normalized spacial score (nSPS) is 11.4. The van der Waals surface area contributed by atoms with Crippen LogP contribution in [0.15, 0.2) is 95.9 Å². The zero-order valence-corrected chi connectivity index (χ0v) is 19.5. The van der Waals surface area contributed by atoms with Crippen LogP contribution in [-0.4, -0.2) is 22.9 Å². The van der Waals surface area contributed by atoms with Crippen molar-refractivity contribution < 1.29 is 42.5 Å². The number of fused-ring (bicyclic) bond motifs is 2. The maximum atomic E-state index is 11.7. The maximum absolute atomic E-state index is 11.7. The summed E-state index contributed by atoms with van der Waals surface area (Å²) in [6.07, 6.45) is 0. The van der Waals surface area contributed by atoms with E-state index >= 15 is 0 Å². The molecule has 0 spiro atoms. The molecule has 0 fully saturated rings. The zero-order chi connectivity index (χ0) is 20.7. The van der Waals surface area contributed by atoms with Gasteiger partial charge < -0.3 is 4.55 Å². The van der Waals surface area contributed by atoms with Gasteiger partial charge >= 0.3 is 29.6 Å². The number of nitrogens with zero attached hydrogens (tertiary/aromatic N) is 2. The van der Waals surface area contributed by atoms with E-state index in [1.807, 2.05) is 60.7 Å². The Bertz CT molecular complexity index is 1510. The summed E-state index contributed by atoms with van der Waals surface area (Å²) in [6, 6.07) is 27.5. The van der Waals surface area contributed by atoms with Gasteiger partial charge in [-0.25, -0.2) is 18.4 Å². The minimum Gasteiger partial charge on any atom is -0.744 e. The smallest absolute Gasteiger partial charge is 0.744 e. The summed E-state index contributed by atoms with van der Waals surface area (Å²) in [5.41, 5.74) is 4.41. The second kappa shape index (κ2) is 8.49. The van der Waals surface area contributed by atoms with Crippen LogP contribution in [-0.2, 0) is 10.1 Å². The van der Waals surface area contributed by atoms with Gasteiger partial charge in [0.05, 0.1) is 27.3 Å². The van der Waals surface area contributed by atoms with Crippen LogP contribution < -0.4 is 29.6 Å². The molecule has 146 valence electrons. The molecular formula is C24H15N2NaO3S. The first-order valence-electron chi connectivity index (χ1n) is 9.32. The fourth-order valence-corrected chi connectivity index (χ4v) is 4.30. The molecule has 0 N–H and O–H groups in total. The van der Waals surface area contributed by atoms with Gasteiger partial charge in [0.2, 0.25) is 0 Å². The molecule has 7 heteroatoms. The minimum absolute atomic E-state index is 0. The van der Waals surface area contributed by atoms with Crippen molar-refractivity contribution in [3.63, 3.8) is 0 Å². The molecule has 31 heavy (non-hydrogen) atoms. The van der Waals surface area contributed by atoms with Crippen LogP contribution in [0.25, 0.3) is 44.3 Å². The number of rotatable bonds is 3. The third kappa shape index (κ3) is 4.13. The topological polar surface area (TPSA) is 83.0 Å². The number of hydrogen-bond donors (Lipinski definition) is 0. The van der Waals surface area contributed by atoms with Gasteiger partial charge in [0.25, 0.3) is 0 Å². The molecule has 0 radical (unpaired) electrons. The van der Waals surface area contributed by atoms with Crippen molar-refractivity contribution in [2.45, 2.75) is 4.90 Å². The average molecular weight is 434 g/mol. The van der Waals surface area contributed by atoms with Gasteiger partial charge in [-0.05, 0) is 23.6 Å². The molecule has 0 bridgehead atoms. The van der Waals surface area contributed by atoms with E-state index in [9.17, 15) is 13.0 Å². The molecule has 0 atom stereocenters. The first-order valence-corrected chi connectivity index (χ1v) is 10.7. The Hall–Kier alpha value is -2.61. The molecule has 0 aliphatic heterocycles. The Balaban J connectivity index is 0.00000231. The van der Waals surface area contributed by atoms with E-state index in [-0.39, 0.29) is 34.5 Å². The van der Waals surface area contributed by atoms with Crippen LogP contribution in [0.2, 0.25) is 0 Å². The van der Waals surface area contributed by atoms with E-state index in [1.165, 1.54) is 6.07 Å². The number of aromatic nitrogens is 2. The molecule has 4 aromatic carbocycles. The molecule has 1 heterocycles. The fourth-order valence-electron chi connectivity index (χ4n) is 3.61. The molecule has 5 rings (SSSR count). The third-order valence-corrected chi connectivity index (χ3v) is 5.88. The third-order valence-electron chi connectivity index (χ3n) is 4.99. The van der Waals surface area contributed by atoms with Crippen molar-refractivity contribution in [2.24, 2.45) is 0 Å². The van der Waals surface area contributed by atoms with E-state index in [2.05, 4.69) is 0 Å². The summed E-state index contributed by atoms with van der Waals surface area (Å²) >= 11 is 0. The van der Waals surface area contributed by atoms with Gasteiger partial charge in [-0.15, -0.1) is 0 Å². The Labute approximate surface area is 201 Å². The summed E-state index contributed by atoms with van der Waals surface area (Å²) in [6.45, 7) is 0. The molecule has 0 aliphatic rings. The summed E-state index contributed by atoms with van der Waals surface area (Å²) in [4.78, 5) is 9.46. The summed E-state index contributed by atoms with van der Waals surface area (Å²) < 4.78 is 35.2. The van der Waals surface area contributed by atoms with Gasteiger partial charge in [0, 0.05) is 16.5 Å². The van der Waals surface area contributed by atoms with Gasteiger partial charge in [-0.1, -0.05) is 72.8 Å². The van der Waals surface area contributed by atoms with E-state index < -0.39 is 10.1 Å². The molecule has 0 aliphatic carbocycles. The maximum Gasteiger partial charge on any atom is 1.00 e. The Morgan fingerprint density at radius 2 is 1.16 bits per heavy atom. The van der Waals surface area contributed by atoms with Crippen LogP contribution >= 0.6 is 0 Å². The second-order valence-corrected chi connectivity index (χ2v) is 8.27. The first-order chi connectivity index (χ1) is 14.5. The van der Waals surface area contributed by atoms with Crippen molar-refractivity contribution in [3.8, 4) is 22.5 Å². The van der Waals surface area contributed by atoms with Crippen molar-refractivity contribution in [3.05, 3.63) is 91.0 Å². The van der Waals surface area contributed by atoms with Crippen molar-refractivity contribution in [2.75, 3.05) is 0 Å². The van der Waals surface area contributed by atoms with Gasteiger partial charge in [0.1, 0.15) is 10.1 Å². The van der Waals surface area contributed by atoms with E-state index in [0.29, 0.717) is 27.5 Å². The van der Waals surface area contributed by atoms with Crippen LogP contribution in [0.5, 0.6) is 0 Å². The molecule has 0 saturated carbocycles. The molecule has 5 nitrogen and oxygen atoms in total. The SMILES string of the molecule is O=S(=O)([O-])c1cccc2cc3nc(-c4ccccc4)c(-c4ccccc4)nc3cc12.[Na+]. The predicted molar refractivity (Wildman–Crippen MR) is 116 cm³/mol. The second-order valence-electron chi connectivity index (χ2n) is 6.93. The molecule has 0 unspecified atom stereocenters. The quantitative estimate of drug-likeness (QED) is 0.247. The van der Waals surface area contributed by atoms with Crippen molar-refractivity contribution in [1.29, 1.82) is 0 Å². The average Bonchev–Trinajstić information content (AvgIpc) is 2.77. The Kier molecular flexibility index (Phi) is 5.92. The van der Waals surface area contributed by atoms with E-state index in [1.54, 1.807) is 24.3 Å². The summed E-state index contributed by atoms with van der Waals surface area (Å²) in [5, 5.41) is 0.973. The predicted octanol–water partition coefficient (Wildman–Crippen LogP) is 2.03. The Morgan fingerprint density at radius 3 is 1.68 bits per heavy atom. The monoisotopic (exact) mass is 434 g/mol. The van der Waals surface area contributed by atoms with Gasteiger partial charge in [-0.3, -0.25) is 0 Å². The minimum atomic E-state index is -4.61. The molecule has 1 aromatic heterocycles. The molecular weight excluding hydrogens is 419 g/mol. The van der Waals surface area contributed by atoms with E-state index in [0.717, 1.165) is 16.8 Å². The largest absolute Gasteiger partial charge is 1.00 e. The standard InChI is InChI=1S/C24H16N2O3S.Na/c27-30(28,29)22-13-7-12-18-14-20-21(15-19(18)22)26-24(17-10-5-2-6-11-17)23(25-20)16-8-3-1-4-9-16;/h1-15H,(H,27,28,29);/q;+1/p-1. The van der Waals surface area contributed by atoms with Crippen LogP contribution in [0, 0.1) is 0 Å². The van der Waals surface area contributed by atoms with Gasteiger partial charge in [-0.2, -0.15) is 0 Å².